The molecule has 2 aliphatic heterocycles. The SMILES string of the molecule is CCCCOc1ccc([C@@H]2c3c(oc4ccccc4c3=O)C(=O)N2Cc2ccc3c(c2)OCO3)cc1. The number of ether oxygens (including phenoxy) is 3. The Labute approximate surface area is 207 Å². The smallest absolute Gasteiger partial charge is 0.291 e. The molecule has 7 heteroatoms. The lowest BCUT2D eigenvalue weighted by Crippen LogP contribution is -2.29. The zero-order valence-electron chi connectivity index (χ0n) is 19.9. The van der Waals surface area contributed by atoms with Crippen LogP contribution in [0.4, 0.5) is 0 Å². The summed E-state index contributed by atoms with van der Waals surface area (Å²) in [5, 5.41) is 0.457. The van der Waals surface area contributed by atoms with E-state index in [1.165, 1.54) is 0 Å². The predicted molar refractivity (Wildman–Crippen MR) is 134 cm³/mol. The van der Waals surface area contributed by atoms with E-state index in [1.807, 2.05) is 42.5 Å². The minimum absolute atomic E-state index is 0.0905. The van der Waals surface area contributed by atoms with Crippen molar-refractivity contribution in [2.45, 2.75) is 32.4 Å². The maximum Gasteiger partial charge on any atom is 0.291 e. The van der Waals surface area contributed by atoms with E-state index < -0.39 is 6.04 Å². The topological polar surface area (TPSA) is 78.2 Å². The molecule has 0 unspecified atom stereocenters. The first-order valence-corrected chi connectivity index (χ1v) is 12.1. The average Bonchev–Trinajstić information content (AvgIpc) is 3.48. The van der Waals surface area contributed by atoms with E-state index in [-0.39, 0.29) is 30.4 Å². The van der Waals surface area contributed by atoms with Gasteiger partial charge >= 0.3 is 0 Å². The Morgan fingerprint density at radius 3 is 2.61 bits per heavy atom. The van der Waals surface area contributed by atoms with Crippen molar-refractivity contribution >= 4 is 16.9 Å². The summed E-state index contributed by atoms with van der Waals surface area (Å²) < 4.78 is 22.8. The van der Waals surface area contributed by atoms with Crippen molar-refractivity contribution in [2.24, 2.45) is 0 Å². The second-order valence-corrected chi connectivity index (χ2v) is 8.96. The number of hydrogen-bond donors (Lipinski definition) is 0. The van der Waals surface area contributed by atoms with E-state index in [9.17, 15) is 9.59 Å². The van der Waals surface area contributed by atoms with Crippen LogP contribution in [0.25, 0.3) is 11.0 Å². The number of nitrogens with zero attached hydrogens (tertiary/aromatic N) is 1. The largest absolute Gasteiger partial charge is 0.494 e. The quantitative estimate of drug-likeness (QED) is 0.326. The number of hydrogen-bond acceptors (Lipinski definition) is 6. The third-order valence-corrected chi connectivity index (χ3v) is 6.63. The van der Waals surface area contributed by atoms with E-state index in [0.29, 0.717) is 34.6 Å². The molecule has 7 nitrogen and oxygen atoms in total. The van der Waals surface area contributed by atoms with Crippen LogP contribution in [0.2, 0.25) is 0 Å². The van der Waals surface area contributed by atoms with Gasteiger partial charge in [-0.05, 0) is 53.9 Å². The van der Waals surface area contributed by atoms with Crippen LogP contribution in [0.1, 0.15) is 53.1 Å². The molecule has 0 bridgehead atoms. The molecular weight excluding hydrogens is 458 g/mol. The van der Waals surface area contributed by atoms with Crippen molar-refractivity contribution in [2.75, 3.05) is 13.4 Å². The summed E-state index contributed by atoms with van der Waals surface area (Å²) in [6.45, 7) is 3.21. The maximum atomic E-state index is 13.7. The van der Waals surface area contributed by atoms with Crippen molar-refractivity contribution in [1.82, 2.24) is 4.90 Å². The van der Waals surface area contributed by atoms with Crippen LogP contribution >= 0.6 is 0 Å². The number of unbranched alkanes of at least 4 members (excludes halogenated alkanes) is 1. The van der Waals surface area contributed by atoms with Gasteiger partial charge in [0.25, 0.3) is 5.91 Å². The van der Waals surface area contributed by atoms with E-state index in [0.717, 1.165) is 29.7 Å². The van der Waals surface area contributed by atoms with Crippen LogP contribution in [0.15, 0.2) is 75.9 Å². The Bertz CT molecular complexity index is 1510. The third kappa shape index (κ3) is 3.77. The molecule has 3 aromatic carbocycles. The fourth-order valence-corrected chi connectivity index (χ4v) is 4.79. The summed E-state index contributed by atoms with van der Waals surface area (Å²) in [5.41, 5.74) is 2.24. The van der Waals surface area contributed by atoms with Crippen molar-refractivity contribution in [3.8, 4) is 17.2 Å². The number of carbonyl (C=O) groups is 1. The molecule has 0 spiro atoms. The van der Waals surface area contributed by atoms with E-state index in [1.54, 1.807) is 29.2 Å². The summed E-state index contributed by atoms with van der Waals surface area (Å²) in [5.74, 6) is 1.84. The molecule has 1 atom stereocenters. The fraction of sp³-hybridized carbons (Fsp3) is 0.241. The van der Waals surface area contributed by atoms with Gasteiger partial charge in [0, 0.05) is 6.54 Å². The Morgan fingerprint density at radius 2 is 1.78 bits per heavy atom. The molecule has 1 aromatic heterocycles. The minimum atomic E-state index is -0.594. The van der Waals surface area contributed by atoms with Gasteiger partial charge in [0.1, 0.15) is 11.3 Å². The molecule has 182 valence electrons. The molecule has 3 heterocycles. The number of benzene rings is 3. The van der Waals surface area contributed by atoms with Gasteiger partial charge in [0.15, 0.2) is 16.9 Å². The van der Waals surface area contributed by atoms with Gasteiger partial charge in [-0.25, -0.2) is 0 Å². The number of para-hydroxylation sites is 1. The minimum Gasteiger partial charge on any atom is -0.494 e. The molecule has 2 aliphatic rings. The van der Waals surface area contributed by atoms with E-state index in [2.05, 4.69) is 6.92 Å². The standard InChI is InChI=1S/C29H25NO6/c1-2-3-14-33-20-11-9-19(10-12-20)26-25-27(31)21-6-4-5-7-22(21)36-28(25)29(32)30(26)16-18-8-13-23-24(15-18)35-17-34-23/h4-13,15,26H,2-3,14,16-17H2,1H3/t26-/m1/s1. The summed E-state index contributed by atoms with van der Waals surface area (Å²) in [7, 11) is 0. The Kier molecular flexibility index (Phi) is 5.60. The lowest BCUT2D eigenvalue weighted by molar-refractivity contribution is 0.0714. The Morgan fingerprint density at radius 1 is 0.972 bits per heavy atom. The normalized spacial score (nSPS) is 16.0. The summed E-state index contributed by atoms with van der Waals surface area (Å²) in [6, 6.07) is 19.6. The molecular formula is C29H25NO6. The molecule has 0 saturated heterocycles. The van der Waals surface area contributed by atoms with Crippen molar-refractivity contribution in [3.63, 3.8) is 0 Å². The molecule has 1 amide bonds. The Hall–Kier alpha value is -4.26. The molecule has 6 rings (SSSR count). The third-order valence-electron chi connectivity index (χ3n) is 6.63. The van der Waals surface area contributed by atoms with Gasteiger partial charge in [0.2, 0.25) is 12.6 Å². The summed E-state index contributed by atoms with van der Waals surface area (Å²) >= 11 is 0. The first-order chi connectivity index (χ1) is 17.6. The lowest BCUT2D eigenvalue weighted by atomic mass is 9.98. The fourth-order valence-electron chi connectivity index (χ4n) is 4.79. The zero-order chi connectivity index (χ0) is 24.6. The number of carbonyl (C=O) groups excluding carboxylic acids is 1. The molecule has 36 heavy (non-hydrogen) atoms. The highest BCUT2D eigenvalue weighted by Gasteiger charge is 2.42. The highest BCUT2D eigenvalue weighted by Crippen LogP contribution is 2.40. The number of fused-ring (bicyclic) bond motifs is 3. The lowest BCUT2D eigenvalue weighted by Gasteiger charge is -2.25. The van der Waals surface area contributed by atoms with Crippen molar-refractivity contribution < 1.29 is 23.4 Å². The molecule has 0 N–H and O–H groups in total. The Balaban J connectivity index is 1.43. The molecule has 4 aromatic rings. The van der Waals surface area contributed by atoms with Gasteiger partial charge in [-0.2, -0.15) is 0 Å². The summed E-state index contributed by atoms with van der Waals surface area (Å²) in [4.78, 5) is 29.0. The number of amides is 1. The van der Waals surface area contributed by atoms with Gasteiger partial charge in [-0.1, -0.05) is 43.7 Å². The van der Waals surface area contributed by atoms with E-state index in [4.69, 9.17) is 18.6 Å². The second kappa shape index (κ2) is 9.07. The number of rotatable bonds is 7. The van der Waals surface area contributed by atoms with Crippen LogP contribution in [0.3, 0.4) is 0 Å². The highest BCUT2D eigenvalue weighted by atomic mass is 16.7. The molecule has 0 aliphatic carbocycles. The first-order valence-electron chi connectivity index (χ1n) is 12.1. The average molecular weight is 484 g/mol. The van der Waals surface area contributed by atoms with Crippen LogP contribution in [0.5, 0.6) is 17.2 Å². The van der Waals surface area contributed by atoms with E-state index >= 15 is 0 Å². The van der Waals surface area contributed by atoms with Crippen molar-refractivity contribution in [3.05, 3.63) is 99.4 Å². The second-order valence-electron chi connectivity index (χ2n) is 8.96. The first kappa shape index (κ1) is 22.2. The summed E-state index contributed by atoms with van der Waals surface area (Å²) in [6.07, 6.45) is 2.03. The van der Waals surface area contributed by atoms with Gasteiger partial charge in [0.05, 0.1) is 23.6 Å². The zero-order valence-corrected chi connectivity index (χ0v) is 19.9. The van der Waals surface area contributed by atoms with Crippen LogP contribution in [-0.2, 0) is 6.54 Å². The van der Waals surface area contributed by atoms with Crippen molar-refractivity contribution in [1.29, 1.82) is 0 Å². The van der Waals surface area contributed by atoms with Gasteiger partial charge < -0.3 is 23.5 Å². The molecule has 0 fully saturated rings. The highest BCUT2D eigenvalue weighted by molar-refractivity contribution is 5.99. The monoisotopic (exact) mass is 483 g/mol. The van der Waals surface area contributed by atoms with Gasteiger partial charge in [-0.3, -0.25) is 9.59 Å². The molecule has 0 saturated carbocycles. The van der Waals surface area contributed by atoms with Crippen LogP contribution in [-0.4, -0.2) is 24.2 Å². The maximum absolute atomic E-state index is 13.7. The van der Waals surface area contributed by atoms with Gasteiger partial charge in [-0.15, -0.1) is 0 Å². The molecule has 0 radical (unpaired) electrons. The predicted octanol–water partition coefficient (Wildman–Crippen LogP) is 5.45. The van der Waals surface area contributed by atoms with Crippen LogP contribution < -0.4 is 19.6 Å². The van der Waals surface area contributed by atoms with Crippen LogP contribution in [0, 0.1) is 0 Å².